The SMILES string of the molecule is CCOc1cc2c(cc1NC(=O)CCCNC(=O)c1cccs1)OC(C)C2. The van der Waals surface area contributed by atoms with Gasteiger partial charge in [-0.3, -0.25) is 9.59 Å². The number of fused-ring (bicyclic) bond motifs is 1. The quantitative estimate of drug-likeness (QED) is 0.677. The fourth-order valence-corrected chi connectivity index (χ4v) is 3.61. The van der Waals surface area contributed by atoms with Crippen molar-refractivity contribution in [2.75, 3.05) is 18.5 Å². The Balaban J connectivity index is 1.51. The Kier molecular flexibility index (Phi) is 6.34. The maximum atomic E-state index is 12.3. The van der Waals surface area contributed by atoms with Gasteiger partial charge >= 0.3 is 0 Å². The molecule has 0 saturated heterocycles. The Morgan fingerprint density at radius 2 is 2.22 bits per heavy atom. The van der Waals surface area contributed by atoms with Gasteiger partial charge in [0.05, 0.1) is 17.2 Å². The van der Waals surface area contributed by atoms with Crippen molar-refractivity contribution in [2.45, 2.75) is 39.2 Å². The van der Waals surface area contributed by atoms with Crippen LogP contribution in [-0.4, -0.2) is 31.1 Å². The van der Waals surface area contributed by atoms with Crippen LogP contribution in [0, 0.1) is 0 Å². The number of nitrogens with one attached hydrogen (secondary N) is 2. The number of carbonyl (C=O) groups excluding carboxylic acids is 2. The maximum absolute atomic E-state index is 12.3. The molecule has 2 amide bonds. The van der Waals surface area contributed by atoms with Gasteiger partial charge in [0.1, 0.15) is 17.6 Å². The van der Waals surface area contributed by atoms with Gasteiger partial charge in [-0.25, -0.2) is 0 Å². The minimum absolute atomic E-state index is 0.103. The molecule has 0 fully saturated rings. The molecule has 0 spiro atoms. The van der Waals surface area contributed by atoms with Crippen molar-refractivity contribution < 1.29 is 19.1 Å². The number of hydrogen-bond donors (Lipinski definition) is 2. The largest absolute Gasteiger partial charge is 0.492 e. The monoisotopic (exact) mass is 388 g/mol. The zero-order chi connectivity index (χ0) is 19.2. The first-order valence-electron chi connectivity index (χ1n) is 9.14. The Bertz CT molecular complexity index is 805. The van der Waals surface area contributed by atoms with E-state index in [1.54, 1.807) is 6.07 Å². The summed E-state index contributed by atoms with van der Waals surface area (Å²) in [6.07, 6.45) is 1.84. The van der Waals surface area contributed by atoms with Gasteiger partial charge in [0.15, 0.2) is 0 Å². The van der Waals surface area contributed by atoms with Crippen molar-refractivity contribution in [3.8, 4) is 11.5 Å². The molecule has 0 bridgehead atoms. The Hall–Kier alpha value is -2.54. The number of ether oxygens (including phenoxy) is 2. The lowest BCUT2D eigenvalue weighted by Gasteiger charge is -2.13. The molecular formula is C20H24N2O4S. The highest BCUT2D eigenvalue weighted by Crippen LogP contribution is 2.38. The summed E-state index contributed by atoms with van der Waals surface area (Å²) in [6, 6.07) is 7.39. The molecule has 1 aliphatic heterocycles. The van der Waals surface area contributed by atoms with Crippen LogP contribution in [-0.2, 0) is 11.2 Å². The number of thiophene rings is 1. The van der Waals surface area contributed by atoms with E-state index in [0.29, 0.717) is 42.3 Å². The molecule has 1 aromatic carbocycles. The van der Waals surface area contributed by atoms with Crippen LogP contribution in [0.1, 0.15) is 41.9 Å². The highest BCUT2D eigenvalue weighted by molar-refractivity contribution is 7.12. The number of anilines is 1. The van der Waals surface area contributed by atoms with E-state index in [1.807, 2.05) is 37.4 Å². The summed E-state index contributed by atoms with van der Waals surface area (Å²) >= 11 is 1.40. The predicted octanol–water partition coefficient (Wildman–Crippen LogP) is 3.62. The van der Waals surface area contributed by atoms with Gasteiger partial charge in [-0.05, 0) is 37.8 Å². The van der Waals surface area contributed by atoms with Crippen LogP contribution in [0.15, 0.2) is 29.6 Å². The molecule has 27 heavy (non-hydrogen) atoms. The molecular weight excluding hydrogens is 364 g/mol. The fourth-order valence-electron chi connectivity index (χ4n) is 2.97. The van der Waals surface area contributed by atoms with Crippen molar-refractivity contribution in [1.82, 2.24) is 5.32 Å². The third-order valence-electron chi connectivity index (χ3n) is 4.18. The Morgan fingerprint density at radius 1 is 1.37 bits per heavy atom. The standard InChI is InChI=1S/C20H24N2O4S/c1-3-25-17-11-14-10-13(2)26-16(14)12-15(17)22-19(23)7-4-8-21-20(24)18-6-5-9-27-18/h5-6,9,11-13H,3-4,7-8,10H2,1-2H3,(H,21,24)(H,22,23). The Labute approximate surface area is 162 Å². The van der Waals surface area contributed by atoms with Crippen LogP contribution in [0.3, 0.4) is 0 Å². The Morgan fingerprint density at radius 3 is 2.96 bits per heavy atom. The van der Waals surface area contributed by atoms with E-state index in [9.17, 15) is 9.59 Å². The zero-order valence-electron chi connectivity index (χ0n) is 15.5. The van der Waals surface area contributed by atoms with E-state index in [4.69, 9.17) is 9.47 Å². The third-order valence-corrected chi connectivity index (χ3v) is 5.05. The van der Waals surface area contributed by atoms with Crippen molar-refractivity contribution in [1.29, 1.82) is 0 Å². The van der Waals surface area contributed by atoms with Gasteiger partial charge in [-0.15, -0.1) is 11.3 Å². The van der Waals surface area contributed by atoms with Crippen molar-refractivity contribution >= 4 is 28.8 Å². The number of benzene rings is 1. The van der Waals surface area contributed by atoms with E-state index in [-0.39, 0.29) is 17.9 Å². The average Bonchev–Trinajstić information content (AvgIpc) is 3.28. The second-order valence-electron chi connectivity index (χ2n) is 6.41. The molecule has 1 aromatic heterocycles. The lowest BCUT2D eigenvalue weighted by atomic mass is 10.1. The van der Waals surface area contributed by atoms with Crippen LogP contribution in [0.2, 0.25) is 0 Å². The molecule has 7 heteroatoms. The zero-order valence-corrected chi connectivity index (χ0v) is 16.4. The molecule has 1 aliphatic rings. The molecule has 3 rings (SSSR count). The number of hydrogen-bond acceptors (Lipinski definition) is 5. The first kappa shape index (κ1) is 19.2. The molecule has 2 heterocycles. The van der Waals surface area contributed by atoms with Crippen LogP contribution in [0.5, 0.6) is 11.5 Å². The van der Waals surface area contributed by atoms with E-state index >= 15 is 0 Å². The van der Waals surface area contributed by atoms with Crippen LogP contribution >= 0.6 is 11.3 Å². The van der Waals surface area contributed by atoms with E-state index in [0.717, 1.165) is 17.7 Å². The summed E-state index contributed by atoms with van der Waals surface area (Å²) in [7, 11) is 0. The topological polar surface area (TPSA) is 76.7 Å². The summed E-state index contributed by atoms with van der Waals surface area (Å²) in [6.45, 7) is 4.90. The maximum Gasteiger partial charge on any atom is 0.261 e. The summed E-state index contributed by atoms with van der Waals surface area (Å²) < 4.78 is 11.4. The molecule has 1 unspecified atom stereocenters. The van der Waals surface area contributed by atoms with Gasteiger partial charge in [0.25, 0.3) is 5.91 Å². The first-order chi connectivity index (χ1) is 13.1. The van der Waals surface area contributed by atoms with Crippen LogP contribution in [0.25, 0.3) is 0 Å². The summed E-state index contributed by atoms with van der Waals surface area (Å²) in [5.74, 6) is 1.24. The second kappa shape index (κ2) is 8.90. The van der Waals surface area contributed by atoms with Gasteiger partial charge in [-0.2, -0.15) is 0 Å². The lowest BCUT2D eigenvalue weighted by Crippen LogP contribution is -2.24. The fraction of sp³-hybridized carbons (Fsp3) is 0.400. The third kappa shape index (κ3) is 5.01. The summed E-state index contributed by atoms with van der Waals surface area (Å²) in [5, 5.41) is 7.58. The average molecular weight is 388 g/mol. The number of carbonyl (C=O) groups is 2. The predicted molar refractivity (Wildman–Crippen MR) is 106 cm³/mol. The smallest absolute Gasteiger partial charge is 0.261 e. The van der Waals surface area contributed by atoms with Crippen molar-refractivity contribution in [2.24, 2.45) is 0 Å². The first-order valence-corrected chi connectivity index (χ1v) is 10.0. The minimum Gasteiger partial charge on any atom is -0.492 e. The van der Waals surface area contributed by atoms with Crippen molar-refractivity contribution in [3.63, 3.8) is 0 Å². The highest BCUT2D eigenvalue weighted by Gasteiger charge is 2.22. The van der Waals surface area contributed by atoms with Crippen molar-refractivity contribution in [3.05, 3.63) is 40.1 Å². The number of amides is 2. The molecule has 2 N–H and O–H groups in total. The highest BCUT2D eigenvalue weighted by atomic mass is 32.1. The van der Waals surface area contributed by atoms with Gasteiger partial charge in [0.2, 0.25) is 5.91 Å². The summed E-state index contributed by atoms with van der Waals surface area (Å²) in [4.78, 5) is 24.8. The molecule has 1 atom stereocenters. The molecule has 0 saturated carbocycles. The number of rotatable bonds is 8. The van der Waals surface area contributed by atoms with E-state index in [1.165, 1.54) is 11.3 Å². The minimum atomic E-state index is -0.118. The van der Waals surface area contributed by atoms with Gasteiger partial charge in [-0.1, -0.05) is 6.07 Å². The normalized spacial score (nSPS) is 15.0. The molecule has 6 nitrogen and oxygen atoms in total. The van der Waals surface area contributed by atoms with E-state index < -0.39 is 0 Å². The van der Waals surface area contributed by atoms with E-state index in [2.05, 4.69) is 10.6 Å². The van der Waals surface area contributed by atoms with Gasteiger partial charge < -0.3 is 20.1 Å². The van der Waals surface area contributed by atoms with Gasteiger partial charge in [0, 0.05) is 31.0 Å². The van der Waals surface area contributed by atoms with Crippen LogP contribution in [0.4, 0.5) is 5.69 Å². The molecule has 0 aliphatic carbocycles. The molecule has 144 valence electrons. The molecule has 0 radical (unpaired) electrons. The summed E-state index contributed by atoms with van der Waals surface area (Å²) in [5.41, 5.74) is 1.72. The second-order valence-corrected chi connectivity index (χ2v) is 7.35. The van der Waals surface area contributed by atoms with Crippen LogP contribution < -0.4 is 20.1 Å². The lowest BCUT2D eigenvalue weighted by molar-refractivity contribution is -0.116. The molecule has 2 aromatic rings.